The average molecular weight is 392 g/mol. The molecule has 2 rings (SSSR count). The van der Waals surface area contributed by atoms with Crippen molar-refractivity contribution in [2.75, 3.05) is 19.0 Å². The molecule has 29 heavy (non-hydrogen) atoms. The number of carbonyl (C=O) groups excluding carboxylic acids is 2. The largest absolute Gasteiger partial charge is 0.496 e. The van der Waals surface area contributed by atoms with Gasteiger partial charge in [-0.1, -0.05) is 63.8 Å². The number of hydrogen-bond donors (Lipinski definition) is 2. The zero-order valence-electron chi connectivity index (χ0n) is 17.2. The lowest BCUT2D eigenvalue weighted by molar-refractivity contribution is 0.0945. The molecule has 1 atom stereocenters. The Morgan fingerprint density at radius 3 is 2.55 bits per heavy atom. The molecular weight excluding hydrogens is 364 g/mol. The lowest BCUT2D eigenvalue weighted by Gasteiger charge is -2.16. The van der Waals surface area contributed by atoms with Crippen molar-refractivity contribution in [3.63, 3.8) is 0 Å². The maximum atomic E-state index is 13.0. The molecule has 0 heterocycles. The first-order valence-corrected chi connectivity index (χ1v) is 9.60. The fraction of sp³-hybridized carbons (Fsp3) is 0.250. The standard InChI is InChI=1S/C24H28N2O3/c1-6-10-18-17(4)11-8-12-19(18)23(27)26-20-13-9-14-21(29-5)22(20)24(28)25-15-16(3)7-2/h6,8-14,16H,1,4,7,15H2,2-3,5H3,(H,25,28)(H,26,27)/b18-10+. The van der Waals surface area contributed by atoms with Crippen molar-refractivity contribution >= 4 is 30.2 Å². The van der Waals surface area contributed by atoms with Gasteiger partial charge >= 0.3 is 0 Å². The van der Waals surface area contributed by atoms with Gasteiger partial charge in [0.15, 0.2) is 0 Å². The lowest BCUT2D eigenvalue weighted by Crippen LogP contribution is -2.33. The number of amides is 2. The fourth-order valence-electron chi connectivity index (χ4n) is 2.85. The Bertz CT molecular complexity index is 1010. The van der Waals surface area contributed by atoms with Gasteiger partial charge in [0, 0.05) is 12.1 Å². The van der Waals surface area contributed by atoms with Crippen molar-refractivity contribution in [1.82, 2.24) is 5.32 Å². The van der Waals surface area contributed by atoms with Gasteiger partial charge in [0.25, 0.3) is 11.8 Å². The minimum Gasteiger partial charge on any atom is -0.496 e. The van der Waals surface area contributed by atoms with E-state index in [1.807, 2.05) is 6.07 Å². The highest BCUT2D eigenvalue weighted by Gasteiger charge is 2.20. The van der Waals surface area contributed by atoms with E-state index in [0.29, 0.717) is 40.2 Å². The second-order valence-corrected chi connectivity index (χ2v) is 6.84. The van der Waals surface area contributed by atoms with Crippen molar-refractivity contribution in [2.24, 2.45) is 5.92 Å². The van der Waals surface area contributed by atoms with Gasteiger partial charge in [-0.3, -0.25) is 9.59 Å². The third-order valence-electron chi connectivity index (χ3n) is 4.75. The van der Waals surface area contributed by atoms with Crippen LogP contribution in [0.2, 0.25) is 0 Å². The van der Waals surface area contributed by atoms with Gasteiger partial charge in [-0.05, 0) is 34.6 Å². The Morgan fingerprint density at radius 2 is 1.90 bits per heavy atom. The molecule has 0 spiro atoms. The summed E-state index contributed by atoms with van der Waals surface area (Å²) in [7, 11) is 1.50. The zero-order valence-corrected chi connectivity index (χ0v) is 17.2. The molecule has 2 aromatic rings. The number of methoxy groups -OCH3 is 1. The third kappa shape index (κ3) is 5.35. The Morgan fingerprint density at radius 1 is 1.17 bits per heavy atom. The van der Waals surface area contributed by atoms with E-state index in [1.54, 1.807) is 42.5 Å². The first-order valence-electron chi connectivity index (χ1n) is 9.60. The zero-order chi connectivity index (χ0) is 21.4. The molecule has 0 aliphatic rings. The molecule has 2 amide bonds. The Labute approximate surface area is 171 Å². The Kier molecular flexibility index (Phi) is 7.78. The fourth-order valence-corrected chi connectivity index (χ4v) is 2.85. The Balaban J connectivity index is 2.41. The summed E-state index contributed by atoms with van der Waals surface area (Å²) >= 11 is 0. The summed E-state index contributed by atoms with van der Waals surface area (Å²) in [6, 6.07) is 10.4. The van der Waals surface area contributed by atoms with Crippen LogP contribution >= 0.6 is 0 Å². The smallest absolute Gasteiger partial charge is 0.257 e. The van der Waals surface area contributed by atoms with Crippen molar-refractivity contribution in [2.45, 2.75) is 20.3 Å². The summed E-state index contributed by atoms with van der Waals surface area (Å²) in [5.74, 6) is 0.117. The quantitative estimate of drug-likeness (QED) is 0.725. The van der Waals surface area contributed by atoms with Crippen LogP contribution in [0.4, 0.5) is 5.69 Å². The summed E-state index contributed by atoms with van der Waals surface area (Å²) in [5.41, 5.74) is 1.13. The van der Waals surface area contributed by atoms with Gasteiger partial charge in [-0.2, -0.15) is 0 Å². The second-order valence-electron chi connectivity index (χ2n) is 6.84. The normalized spacial score (nSPS) is 12.2. The maximum Gasteiger partial charge on any atom is 0.257 e. The predicted octanol–water partition coefficient (Wildman–Crippen LogP) is 3.10. The molecule has 5 nitrogen and oxygen atoms in total. The molecule has 0 aliphatic carbocycles. The molecule has 152 valence electrons. The SMILES string of the molecule is C=C/C=c1/c(C(=O)Nc2cccc(OC)c2C(=O)NCC(C)CC)cccc1=C. The van der Waals surface area contributed by atoms with E-state index in [2.05, 4.69) is 37.6 Å². The monoisotopic (exact) mass is 392 g/mol. The van der Waals surface area contributed by atoms with Crippen LogP contribution in [0.25, 0.3) is 12.7 Å². The number of carbonyl (C=O) groups is 2. The number of benzene rings is 2. The maximum absolute atomic E-state index is 13.0. The van der Waals surface area contributed by atoms with Crippen LogP contribution in [0, 0.1) is 5.92 Å². The molecule has 0 radical (unpaired) electrons. The van der Waals surface area contributed by atoms with Gasteiger partial charge in [-0.25, -0.2) is 0 Å². The summed E-state index contributed by atoms with van der Waals surface area (Å²) in [6.07, 6.45) is 4.31. The number of hydrogen-bond acceptors (Lipinski definition) is 3. The highest BCUT2D eigenvalue weighted by Crippen LogP contribution is 2.26. The van der Waals surface area contributed by atoms with Crippen molar-refractivity contribution < 1.29 is 14.3 Å². The molecular formula is C24H28N2O3. The molecule has 5 heteroatoms. The van der Waals surface area contributed by atoms with E-state index in [-0.39, 0.29) is 11.8 Å². The van der Waals surface area contributed by atoms with Gasteiger partial charge in [0.05, 0.1) is 12.8 Å². The van der Waals surface area contributed by atoms with E-state index in [4.69, 9.17) is 4.74 Å². The number of rotatable bonds is 8. The van der Waals surface area contributed by atoms with Crippen LogP contribution < -0.4 is 25.8 Å². The van der Waals surface area contributed by atoms with Gasteiger partial charge in [-0.15, -0.1) is 0 Å². The number of nitrogens with one attached hydrogen (secondary N) is 2. The van der Waals surface area contributed by atoms with Gasteiger partial charge < -0.3 is 15.4 Å². The number of ether oxygens (including phenoxy) is 1. The first kappa shape index (κ1) is 22.0. The van der Waals surface area contributed by atoms with Crippen LogP contribution in [0.5, 0.6) is 5.75 Å². The molecule has 0 aromatic heterocycles. The van der Waals surface area contributed by atoms with Crippen LogP contribution in [0.3, 0.4) is 0 Å². The van der Waals surface area contributed by atoms with Gasteiger partial charge in [0.1, 0.15) is 11.3 Å². The van der Waals surface area contributed by atoms with E-state index in [9.17, 15) is 9.59 Å². The molecule has 0 saturated heterocycles. The van der Waals surface area contributed by atoms with E-state index in [0.717, 1.165) is 11.6 Å². The molecule has 0 fully saturated rings. The predicted molar refractivity (Wildman–Crippen MR) is 119 cm³/mol. The van der Waals surface area contributed by atoms with E-state index >= 15 is 0 Å². The van der Waals surface area contributed by atoms with E-state index in [1.165, 1.54) is 7.11 Å². The summed E-state index contributed by atoms with van der Waals surface area (Å²) in [5, 5.41) is 7.17. The number of allylic oxidation sites excluding steroid dienone is 1. The summed E-state index contributed by atoms with van der Waals surface area (Å²) in [6.45, 7) is 12.3. The molecule has 0 bridgehead atoms. The van der Waals surface area contributed by atoms with Crippen molar-refractivity contribution in [3.8, 4) is 5.75 Å². The lowest BCUT2D eigenvalue weighted by atomic mass is 10.1. The molecule has 0 aliphatic heterocycles. The molecule has 1 unspecified atom stereocenters. The van der Waals surface area contributed by atoms with Crippen LogP contribution in [-0.4, -0.2) is 25.5 Å². The minimum atomic E-state index is -0.340. The topological polar surface area (TPSA) is 67.4 Å². The van der Waals surface area contributed by atoms with Gasteiger partial charge in [0.2, 0.25) is 0 Å². The average Bonchev–Trinajstić information content (AvgIpc) is 2.72. The van der Waals surface area contributed by atoms with Crippen LogP contribution in [-0.2, 0) is 0 Å². The van der Waals surface area contributed by atoms with E-state index < -0.39 is 0 Å². The molecule has 2 N–H and O–H groups in total. The molecule has 0 saturated carbocycles. The van der Waals surface area contributed by atoms with Crippen molar-refractivity contribution in [3.05, 3.63) is 70.6 Å². The summed E-state index contributed by atoms with van der Waals surface area (Å²) < 4.78 is 5.37. The first-order chi connectivity index (χ1) is 13.9. The highest BCUT2D eigenvalue weighted by atomic mass is 16.5. The third-order valence-corrected chi connectivity index (χ3v) is 4.75. The molecule has 2 aromatic carbocycles. The summed E-state index contributed by atoms with van der Waals surface area (Å²) in [4.78, 5) is 25.8. The minimum absolute atomic E-state index is 0.290. The highest BCUT2D eigenvalue weighted by molar-refractivity contribution is 6.10. The van der Waals surface area contributed by atoms with Crippen LogP contribution in [0.1, 0.15) is 41.0 Å². The second kappa shape index (κ2) is 10.3. The van der Waals surface area contributed by atoms with Crippen molar-refractivity contribution in [1.29, 1.82) is 0 Å². The Hall–Kier alpha value is -3.34. The number of anilines is 1. The van der Waals surface area contributed by atoms with Crippen LogP contribution in [0.15, 0.2) is 49.1 Å².